The molecule has 0 radical (unpaired) electrons. The van der Waals surface area contributed by atoms with Crippen molar-refractivity contribution in [2.75, 3.05) is 18.5 Å². The van der Waals surface area contributed by atoms with Crippen molar-refractivity contribution in [2.24, 2.45) is 5.92 Å². The minimum atomic E-state index is -1.06. The number of halogens is 1. The topological polar surface area (TPSA) is 105 Å². The van der Waals surface area contributed by atoms with Crippen LogP contribution >= 0.6 is 0 Å². The van der Waals surface area contributed by atoms with Crippen LogP contribution in [-0.2, 0) is 9.53 Å². The summed E-state index contributed by atoms with van der Waals surface area (Å²) in [6, 6.07) is 19.2. The molecule has 3 aromatic rings. The second-order valence-electron chi connectivity index (χ2n) is 8.13. The van der Waals surface area contributed by atoms with Crippen LogP contribution in [0.15, 0.2) is 66.7 Å². The van der Waals surface area contributed by atoms with Gasteiger partial charge in [0, 0.05) is 23.7 Å². The summed E-state index contributed by atoms with van der Waals surface area (Å²) in [5, 5.41) is 13.8. The lowest BCUT2D eigenvalue weighted by atomic mass is 9.98. The number of hydrogen-bond donors (Lipinski definition) is 3. The van der Waals surface area contributed by atoms with E-state index in [-0.39, 0.29) is 30.3 Å². The van der Waals surface area contributed by atoms with Crippen LogP contribution in [0.2, 0.25) is 0 Å². The highest BCUT2D eigenvalue weighted by Crippen LogP contribution is 2.44. The molecule has 0 heterocycles. The van der Waals surface area contributed by atoms with Crippen LogP contribution in [0.25, 0.3) is 11.1 Å². The first kappa shape index (κ1) is 23.0. The zero-order valence-corrected chi connectivity index (χ0v) is 18.4. The van der Waals surface area contributed by atoms with E-state index in [4.69, 9.17) is 9.84 Å². The average Bonchev–Trinajstić information content (AvgIpc) is 3.14. The Morgan fingerprint density at radius 2 is 1.62 bits per heavy atom. The first-order valence-corrected chi connectivity index (χ1v) is 10.8. The zero-order chi connectivity index (χ0) is 24.2. The molecule has 0 fully saturated rings. The number of benzene rings is 3. The van der Waals surface area contributed by atoms with E-state index in [0.717, 1.165) is 34.4 Å². The van der Waals surface area contributed by atoms with E-state index in [9.17, 15) is 18.8 Å². The Balaban J connectivity index is 1.41. The average molecular weight is 462 g/mol. The van der Waals surface area contributed by atoms with Crippen molar-refractivity contribution in [2.45, 2.75) is 12.8 Å². The molecule has 7 nitrogen and oxygen atoms in total. The second kappa shape index (κ2) is 9.74. The number of carboxylic acid groups (broad SMARTS) is 1. The number of amides is 2. The zero-order valence-electron chi connectivity index (χ0n) is 18.4. The van der Waals surface area contributed by atoms with E-state index < -0.39 is 29.7 Å². The van der Waals surface area contributed by atoms with Gasteiger partial charge in [0.2, 0.25) is 0 Å². The minimum Gasteiger partial charge on any atom is -0.481 e. The minimum absolute atomic E-state index is 0.0495. The maximum Gasteiger partial charge on any atom is 0.411 e. The number of aliphatic carboxylic acids is 1. The summed E-state index contributed by atoms with van der Waals surface area (Å²) >= 11 is 0. The molecule has 3 N–H and O–H groups in total. The van der Waals surface area contributed by atoms with Crippen molar-refractivity contribution < 1.29 is 28.6 Å². The fourth-order valence-electron chi connectivity index (χ4n) is 3.98. The van der Waals surface area contributed by atoms with Gasteiger partial charge in [0.1, 0.15) is 12.4 Å². The normalized spacial score (nSPS) is 12.9. The molecule has 1 atom stereocenters. The third kappa shape index (κ3) is 4.91. The lowest BCUT2D eigenvalue weighted by molar-refractivity contribution is -0.140. The molecule has 8 heteroatoms. The number of anilines is 1. The molecule has 0 saturated carbocycles. The fourth-order valence-corrected chi connectivity index (χ4v) is 3.98. The van der Waals surface area contributed by atoms with Gasteiger partial charge in [-0.15, -0.1) is 0 Å². The van der Waals surface area contributed by atoms with Crippen molar-refractivity contribution in [1.82, 2.24) is 5.32 Å². The van der Waals surface area contributed by atoms with Crippen LogP contribution in [0.4, 0.5) is 14.9 Å². The molecule has 3 aromatic carbocycles. The molecule has 1 unspecified atom stereocenters. The van der Waals surface area contributed by atoms with Crippen molar-refractivity contribution in [3.8, 4) is 11.1 Å². The molecule has 2 amide bonds. The highest BCUT2D eigenvalue weighted by atomic mass is 19.1. The van der Waals surface area contributed by atoms with Crippen molar-refractivity contribution in [3.05, 3.63) is 89.2 Å². The molecule has 34 heavy (non-hydrogen) atoms. The van der Waals surface area contributed by atoms with E-state index >= 15 is 0 Å². The summed E-state index contributed by atoms with van der Waals surface area (Å²) in [6.45, 7) is 1.42. The Labute approximate surface area is 195 Å². The van der Waals surface area contributed by atoms with Crippen LogP contribution in [0.3, 0.4) is 0 Å². The van der Waals surface area contributed by atoms with Gasteiger partial charge in [-0.1, -0.05) is 55.5 Å². The lowest BCUT2D eigenvalue weighted by Crippen LogP contribution is -2.31. The molecule has 0 aliphatic heterocycles. The summed E-state index contributed by atoms with van der Waals surface area (Å²) in [7, 11) is 0. The maximum absolute atomic E-state index is 14.1. The van der Waals surface area contributed by atoms with Crippen molar-refractivity contribution in [3.63, 3.8) is 0 Å². The number of rotatable bonds is 7. The molecular formula is C26H23FN2O5. The summed E-state index contributed by atoms with van der Waals surface area (Å²) < 4.78 is 19.5. The molecule has 0 saturated heterocycles. The number of carboxylic acids is 1. The summed E-state index contributed by atoms with van der Waals surface area (Å²) in [6.07, 6.45) is -0.779. The molecule has 1 aliphatic rings. The molecule has 4 rings (SSSR count). The van der Waals surface area contributed by atoms with Crippen LogP contribution in [0, 0.1) is 11.7 Å². The second-order valence-corrected chi connectivity index (χ2v) is 8.13. The molecular weight excluding hydrogens is 439 g/mol. The lowest BCUT2D eigenvalue weighted by Gasteiger charge is -2.15. The predicted molar refractivity (Wildman–Crippen MR) is 124 cm³/mol. The van der Waals surface area contributed by atoms with E-state index in [1.807, 2.05) is 48.5 Å². The number of ether oxygens (including phenoxy) is 1. The first-order chi connectivity index (χ1) is 16.3. The Kier molecular flexibility index (Phi) is 6.58. The fraction of sp³-hybridized carbons (Fsp3) is 0.192. The van der Waals surface area contributed by atoms with Crippen molar-refractivity contribution >= 4 is 23.7 Å². The smallest absolute Gasteiger partial charge is 0.411 e. The Bertz CT molecular complexity index is 1210. The third-order valence-electron chi connectivity index (χ3n) is 5.74. The molecule has 0 bridgehead atoms. The highest BCUT2D eigenvalue weighted by Gasteiger charge is 2.29. The SMILES string of the molecule is CC(CNC(=O)c1cc(F)cc(NC(=O)OCC2c3ccccc3-c3ccccc32)c1)C(=O)O. The van der Waals surface area contributed by atoms with Gasteiger partial charge in [-0.2, -0.15) is 0 Å². The van der Waals surface area contributed by atoms with Gasteiger partial charge < -0.3 is 15.2 Å². The number of carbonyl (C=O) groups excluding carboxylic acids is 2. The molecule has 1 aliphatic carbocycles. The van der Waals surface area contributed by atoms with E-state index in [0.29, 0.717) is 0 Å². The summed E-state index contributed by atoms with van der Waals surface area (Å²) in [5.74, 6) is -3.35. The van der Waals surface area contributed by atoms with E-state index in [2.05, 4.69) is 10.6 Å². The monoisotopic (exact) mass is 462 g/mol. The first-order valence-electron chi connectivity index (χ1n) is 10.8. The van der Waals surface area contributed by atoms with Crippen molar-refractivity contribution in [1.29, 1.82) is 0 Å². The Morgan fingerprint density at radius 3 is 2.24 bits per heavy atom. The predicted octanol–water partition coefficient (Wildman–Crippen LogP) is 4.64. The van der Waals surface area contributed by atoms with Gasteiger partial charge in [-0.05, 0) is 40.5 Å². The van der Waals surface area contributed by atoms with E-state index in [1.54, 1.807) is 0 Å². The number of hydrogen-bond acceptors (Lipinski definition) is 4. The van der Waals surface area contributed by atoms with Gasteiger partial charge in [0.25, 0.3) is 5.91 Å². The standard InChI is InChI=1S/C26H23FN2O5/c1-15(25(31)32)13-28-24(30)16-10-17(27)12-18(11-16)29-26(33)34-14-23-21-8-4-2-6-19(21)20-7-3-5-9-22(20)23/h2-12,15,23H,13-14H2,1H3,(H,28,30)(H,29,33)(H,31,32). The van der Waals surface area contributed by atoms with E-state index in [1.165, 1.54) is 13.0 Å². The number of fused-ring (bicyclic) bond motifs is 3. The number of nitrogens with one attached hydrogen (secondary N) is 2. The molecule has 0 spiro atoms. The van der Waals surface area contributed by atoms with Gasteiger partial charge in [-0.3, -0.25) is 14.9 Å². The van der Waals surface area contributed by atoms with Gasteiger partial charge in [0.05, 0.1) is 5.92 Å². The van der Waals surface area contributed by atoms with Gasteiger partial charge >= 0.3 is 12.1 Å². The van der Waals surface area contributed by atoms with Crippen LogP contribution in [0.1, 0.15) is 34.3 Å². The Morgan fingerprint density at radius 1 is 1.00 bits per heavy atom. The Hall–Kier alpha value is -4.20. The number of carbonyl (C=O) groups is 3. The third-order valence-corrected chi connectivity index (χ3v) is 5.74. The van der Waals surface area contributed by atoms with Crippen LogP contribution in [-0.4, -0.2) is 36.2 Å². The quantitative estimate of drug-likeness (QED) is 0.475. The van der Waals surface area contributed by atoms with Crippen LogP contribution < -0.4 is 10.6 Å². The highest BCUT2D eigenvalue weighted by molar-refractivity contribution is 5.96. The summed E-state index contributed by atoms with van der Waals surface area (Å²) in [4.78, 5) is 35.6. The van der Waals surface area contributed by atoms with Gasteiger partial charge in [0.15, 0.2) is 0 Å². The largest absolute Gasteiger partial charge is 0.481 e. The molecule has 174 valence electrons. The van der Waals surface area contributed by atoms with Crippen LogP contribution in [0.5, 0.6) is 0 Å². The maximum atomic E-state index is 14.1. The molecule has 0 aromatic heterocycles. The summed E-state index contributed by atoms with van der Waals surface area (Å²) in [5.41, 5.74) is 4.34. The van der Waals surface area contributed by atoms with Gasteiger partial charge in [-0.25, -0.2) is 9.18 Å².